The number of nitrogens with one attached hydrogen (secondary N) is 2. The van der Waals surface area contributed by atoms with Crippen LogP contribution in [0.4, 0.5) is 5.69 Å². The summed E-state index contributed by atoms with van der Waals surface area (Å²) < 4.78 is 5.18. The minimum atomic E-state index is -0.0496. The topological polar surface area (TPSA) is 50.4 Å². The number of hydrogen-bond donors (Lipinski definition) is 2. The third-order valence-electron chi connectivity index (χ3n) is 2.94. The van der Waals surface area contributed by atoms with Crippen LogP contribution in [0.5, 0.6) is 5.75 Å². The first kappa shape index (κ1) is 12.6. The highest BCUT2D eigenvalue weighted by atomic mass is 16.5. The summed E-state index contributed by atoms with van der Waals surface area (Å²) >= 11 is 0. The van der Waals surface area contributed by atoms with Crippen molar-refractivity contribution in [1.82, 2.24) is 5.32 Å². The number of amides is 1. The highest BCUT2D eigenvalue weighted by molar-refractivity contribution is 5.93. The van der Waals surface area contributed by atoms with Crippen molar-refractivity contribution in [3.8, 4) is 5.75 Å². The van der Waals surface area contributed by atoms with Crippen molar-refractivity contribution in [2.75, 3.05) is 19.0 Å². The van der Waals surface area contributed by atoms with Gasteiger partial charge >= 0.3 is 0 Å². The first-order valence-corrected chi connectivity index (χ1v) is 6.11. The minimum Gasteiger partial charge on any atom is -0.495 e. The number of para-hydroxylation sites is 2. The molecular weight excluding hydrogens is 228 g/mol. The van der Waals surface area contributed by atoms with Crippen LogP contribution in [0.25, 0.3) is 0 Å². The maximum absolute atomic E-state index is 11.8. The Bertz CT molecular complexity index is 435. The molecule has 1 aliphatic rings. The number of carbonyl (C=O) groups is 1. The van der Waals surface area contributed by atoms with Crippen molar-refractivity contribution in [2.45, 2.75) is 18.9 Å². The fraction of sp³-hybridized carbons (Fsp3) is 0.357. The van der Waals surface area contributed by atoms with Crippen LogP contribution in [0.2, 0.25) is 0 Å². The van der Waals surface area contributed by atoms with Gasteiger partial charge in [-0.3, -0.25) is 4.79 Å². The Balaban J connectivity index is 1.82. The average Bonchev–Trinajstić information content (AvgIpc) is 2.90. The first-order valence-electron chi connectivity index (χ1n) is 6.11. The number of methoxy groups -OCH3 is 1. The van der Waals surface area contributed by atoms with Crippen LogP contribution in [-0.4, -0.2) is 25.6 Å². The molecule has 0 saturated carbocycles. The summed E-state index contributed by atoms with van der Waals surface area (Å²) in [6.45, 7) is 0.324. The van der Waals surface area contributed by atoms with E-state index in [1.807, 2.05) is 24.3 Å². The van der Waals surface area contributed by atoms with Crippen molar-refractivity contribution in [3.63, 3.8) is 0 Å². The van der Waals surface area contributed by atoms with Crippen LogP contribution in [-0.2, 0) is 4.79 Å². The average molecular weight is 246 g/mol. The summed E-state index contributed by atoms with van der Waals surface area (Å²) in [5, 5.41) is 6.06. The third-order valence-corrected chi connectivity index (χ3v) is 2.94. The van der Waals surface area contributed by atoms with Crippen LogP contribution in [0, 0.1) is 0 Å². The monoisotopic (exact) mass is 246 g/mol. The Morgan fingerprint density at radius 2 is 2.06 bits per heavy atom. The molecule has 0 fully saturated rings. The van der Waals surface area contributed by atoms with E-state index >= 15 is 0 Å². The Hall–Kier alpha value is -1.81. The van der Waals surface area contributed by atoms with Crippen LogP contribution in [0.15, 0.2) is 36.4 Å². The molecule has 96 valence electrons. The molecule has 0 atom stereocenters. The predicted molar refractivity (Wildman–Crippen MR) is 71.8 cm³/mol. The van der Waals surface area contributed by atoms with Gasteiger partial charge in [0.25, 0.3) is 0 Å². The normalized spacial score (nSPS) is 14.7. The van der Waals surface area contributed by atoms with Crippen LogP contribution < -0.4 is 15.4 Å². The van der Waals surface area contributed by atoms with Gasteiger partial charge in [-0.05, 0) is 25.0 Å². The lowest BCUT2D eigenvalue weighted by Gasteiger charge is -2.13. The van der Waals surface area contributed by atoms with E-state index in [1.165, 1.54) is 0 Å². The Labute approximate surface area is 107 Å². The number of anilines is 1. The number of ether oxygens (including phenoxy) is 1. The zero-order valence-electron chi connectivity index (χ0n) is 10.5. The van der Waals surface area contributed by atoms with Gasteiger partial charge in [0, 0.05) is 6.04 Å². The molecule has 0 aliphatic heterocycles. The molecule has 4 nitrogen and oxygen atoms in total. The smallest absolute Gasteiger partial charge is 0.238 e. The number of rotatable bonds is 5. The summed E-state index contributed by atoms with van der Waals surface area (Å²) in [5.74, 6) is 0.625. The van der Waals surface area contributed by atoms with Gasteiger partial charge < -0.3 is 15.4 Å². The van der Waals surface area contributed by atoms with Gasteiger partial charge in [0.05, 0.1) is 19.3 Å². The molecule has 0 spiro atoms. The van der Waals surface area contributed by atoms with Crippen molar-refractivity contribution < 1.29 is 9.53 Å². The lowest BCUT2D eigenvalue weighted by atomic mass is 10.2. The van der Waals surface area contributed by atoms with E-state index in [9.17, 15) is 4.79 Å². The summed E-state index contributed by atoms with van der Waals surface area (Å²) in [4.78, 5) is 11.8. The summed E-state index contributed by atoms with van der Waals surface area (Å²) in [6, 6.07) is 7.79. The third kappa shape index (κ3) is 3.34. The molecule has 4 heteroatoms. The molecule has 0 radical (unpaired) electrons. The number of hydrogen-bond acceptors (Lipinski definition) is 3. The molecule has 1 aliphatic carbocycles. The predicted octanol–water partition coefficient (Wildman–Crippen LogP) is 1.94. The fourth-order valence-electron chi connectivity index (χ4n) is 1.96. The zero-order valence-corrected chi connectivity index (χ0v) is 10.5. The highest BCUT2D eigenvalue weighted by Gasteiger charge is 2.12. The van der Waals surface area contributed by atoms with E-state index in [0.29, 0.717) is 24.0 Å². The molecule has 1 amide bonds. The Kier molecular flexibility index (Phi) is 4.36. The standard InChI is InChI=1S/C14H18N2O2/c1-18-13-9-5-4-8-12(13)16-14(17)10-15-11-6-2-3-7-11/h2-5,8-9,11,15H,6-7,10H2,1H3,(H,16,17). The second-order valence-corrected chi connectivity index (χ2v) is 4.27. The van der Waals surface area contributed by atoms with Gasteiger partial charge in [-0.1, -0.05) is 24.3 Å². The van der Waals surface area contributed by atoms with E-state index in [2.05, 4.69) is 22.8 Å². The molecule has 1 aromatic carbocycles. The summed E-state index contributed by atoms with van der Waals surface area (Å²) in [5.41, 5.74) is 0.705. The van der Waals surface area contributed by atoms with Gasteiger partial charge in [-0.25, -0.2) is 0 Å². The number of benzene rings is 1. The van der Waals surface area contributed by atoms with Crippen molar-refractivity contribution >= 4 is 11.6 Å². The van der Waals surface area contributed by atoms with E-state index in [-0.39, 0.29) is 5.91 Å². The zero-order chi connectivity index (χ0) is 12.8. The summed E-state index contributed by atoms with van der Waals surface area (Å²) in [7, 11) is 1.59. The molecular formula is C14H18N2O2. The SMILES string of the molecule is COc1ccccc1NC(=O)CNC1CC=CC1. The van der Waals surface area contributed by atoms with Crippen molar-refractivity contribution in [1.29, 1.82) is 0 Å². The number of carbonyl (C=O) groups excluding carboxylic acids is 1. The molecule has 1 aromatic rings. The van der Waals surface area contributed by atoms with Gasteiger partial charge in [0.2, 0.25) is 5.91 Å². The lowest BCUT2D eigenvalue weighted by Crippen LogP contribution is -2.34. The maximum Gasteiger partial charge on any atom is 0.238 e. The lowest BCUT2D eigenvalue weighted by molar-refractivity contribution is -0.115. The second kappa shape index (κ2) is 6.21. The van der Waals surface area contributed by atoms with Gasteiger partial charge in [0.15, 0.2) is 0 Å². The molecule has 0 saturated heterocycles. The van der Waals surface area contributed by atoms with E-state index in [0.717, 1.165) is 12.8 Å². The van der Waals surface area contributed by atoms with Gasteiger partial charge in [0.1, 0.15) is 5.75 Å². The second-order valence-electron chi connectivity index (χ2n) is 4.27. The van der Waals surface area contributed by atoms with Crippen LogP contribution in [0.1, 0.15) is 12.8 Å². The molecule has 0 heterocycles. The van der Waals surface area contributed by atoms with Gasteiger partial charge in [-0.2, -0.15) is 0 Å². The van der Waals surface area contributed by atoms with E-state index < -0.39 is 0 Å². The fourth-order valence-corrected chi connectivity index (χ4v) is 1.96. The molecule has 0 aromatic heterocycles. The molecule has 0 bridgehead atoms. The Morgan fingerprint density at radius 1 is 1.33 bits per heavy atom. The van der Waals surface area contributed by atoms with Crippen molar-refractivity contribution in [2.24, 2.45) is 0 Å². The molecule has 18 heavy (non-hydrogen) atoms. The quantitative estimate of drug-likeness (QED) is 0.781. The molecule has 2 rings (SSSR count). The van der Waals surface area contributed by atoms with Crippen molar-refractivity contribution in [3.05, 3.63) is 36.4 Å². The molecule has 0 unspecified atom stereocenters. The summed E-state index contributed by atoms with van der Waals surface area (Å²) in [6.07, 6.45) is 6.27. The van der Waals surface area contributed by atoms with E-state index in [1.54, 1.807) is 7.11 Å². The minimum absolute atomic E-state index is 0.0496. The largest absolute Gasteiger partial charge is 0.495 e. The first-order chi connectivity index (χ1) is 8.79. The van der Waals surface area contributed by atoms with E-state index in [4.69, 9.17) is 4.74 Å². The Morgan fingerprint density at radius 3 is 2.78 bits per heavy atom. The molecule has 2 N–H and O–H groups in total. The van der Waals surface area contributed by atoms with Crippen LogP contribution in [0.3, 0.4) is 0 Å². The van der Waals surface area contributed by atoms with Gasteiger partial charge in [-0.15, -0.1) is 0 Å². The van der Waals surface area contributed by atoms with Crippen LogP contribution >= 0.6 is 0 Å². The maximum atomic E-state index is 11.8. The highest BCUT2D eigenvalue weighted by Crippen LogP contribution is 2.22.